The lowest BCUT2D eigenvalue weighted by atomic mass is 10.0. The van der Waals surface area contributed by atoms with Crippen LogP contribution >= 0.6 is 0 Å². The van der Waals surface area contributed by atoms with Gasteiger partial charge in [-0.25, -0.2) is 4.79 Å². The summed E-state index contributed by atoms with van der Waals surface area (Å²) in [6.45, 7) is 7.53. The first kappa shape index (κ1) is 16.9. The highest BCUT2D eigenvalue weighted by molar-refractivity contribution is 6.07. The number of pyridine rings is 1. The minimum Gasteiger partial charge on any atom is -0.467 e. The number of ether oxygens (including phenoxy) is 1. The zero-order chi connectivity index (χ0) is 17.1. The summed E-state index contributed by atoms with van der Waals surface area (Å²) in [5.74, 6) is -0.808. The van der Waals surface area contributed by atoms with E-state index in [1.54, 1.807) is 6.07 Å². The lowest BCUT2D eigenvalue weighted by molar-refractivity contribution is -0.144. The molecule has 0 saturated heterocycles. The molecule has 0 bridgehead atoms. The van der Waals surface area contributed by atoms with E-state index >= 15 is 0 Å². The second-order valence-electron chi connectivity index (χ2n) is 6.05. The maximum atomic E-state index is 12.7. The van der Waals surface area contributed by atoms with Crippen LogP contribution in [0.2, 0.25) is 0 Å². The number of benzene rings is 1. The number of aryl methyl sites for hydroxylation is 2. The summed E-state index contributed by atoms with van der Waals surface area (Å²) in [5, 5.41) is 3.56. The van der Waals surface area contributed by atoms with E-state index in [1.165, 1.54) is 7.11 Å². The Morgan fingerprint density at radius 1 is 1.17 bits per heavy atom. The lowest BCUT2D eigenvalue weighted by Gasteiger charge is -2.20. The number of nitrogens with one attached hydrogen (secondary N) is 1. The van der Waals surface area contributed by atoms with Crippen LogP contribution in [0.4, 0.5) is 0 Å². The molecule has 0 fully saturated rings. The van der Waals surface area contributed by atoms with E-state index in [9.17, 15) is 9.59 Å². The Kier molecular flexibility index (Phi) is 4.98. The number of hydrogen-bond donors (Lipinski definition) is 1. The number of aromatic nitrogens is 1. The van der Waals surface area contributed by atoms with Crippen LogP contribution in [0.1, 0.15) is 35.5 Å². The van der Waals surface area contributed by atoms with Crippen molar-refractivity contribution in [3.8, 4) is 0 Å². The Hall–Kier alpha value is -2.43. The molecule has 2 aromatic rings. The number of amides is 1. The van der Waals surface area contributed by atoms with Crippen LogP contribution in [-0.2, 0) is 9.53 Å². The molecule has 1 aromatic carbocycles. The third kappa shape index (κ3) is 3.67. The van der Waals surface area contributed by atoms with Gasteiger partial charge in [0.1, 0.15) is 6.04 Å². The van der Waals surface area contributed by atoms with E-state index in [1.807, 2.05) is 45.9 Å². The van der Waals surface area contributed by atoms with E-state index in [4.69, 9.17) is 4.74 Å². The molecule has 0 aliphatic heterocycles. The third-order valence-corrected chi connectivity index (χ3v) is 3.75. The molecule has 1 aromatic heterocycles. The van der Waals surface area contributed by atoms with Gasteiger partial charge < -0.3 is 10.1 Å². The number of carbonyl (C=O) groups excluding carboxylic acids is 2. The van der Waals surface area contributed by atoms with E-state index in [0.29, 0.717) is 5.56 Å². The molecule has 2 rings (SSSR count). The molecule has 122 valence electrons. The number of esters is 1. The summed E-state index contributed by atoms with van der Waals surface area (Å²) in [6.07, 6.45) is 0. The van der Waals surface area contributed by atoms with Crippen molar-refractivity contribution >= 4 is 22.8 Å². The van der Waals surface area contributed by atoms with Crippen LogP contribution in [0.15, 0.2) is 24.3 Å². The van der Waals surface area contributed by atoms with Gasteiger partial charge in [0.2, 0.25) is 0 Å². The molecule has 5 heteroatoms. The third-order valence-electron chi connectivity index (χ3n) is 3.75. The number of fused-ring (bicyclic) bond motifs is 1. The Morgan fingerprint density at radius 2 is 1.87 bits per heavy atom. The maximum absolute atomic E-state index is 12.7. The molecule has 0 spiro atoms. The van der Waals surface area contributed by atoms with E-state index < -0.39 is 12.0 Å². The first-order chi connectivity index (χ1) is 10.8. The predicted octanol–water partition coefficient (Wildman–Crippen LogP) is 2.78. The molecule has 1 amide bonds. The highest BCUT2D eigenvalue weighted by Crippen LogP contribution is 2.20. The van der Waals surface area contributed by atoms with Crippen LogP contribution in [0.3, 0.4) is 0 Å². The number of carbonyl (C=O) groups is 2. The average molecular weight is 314 g/mol. The van der Waals surface area contributed by atoms with Crippen LogP contribution in [-0.4, -0.2) is 30.0 Å². The van der Waals surface area contributed by atoms with Crippen molar-refractivity contribution < 1.29 is 14.3 Å². The first-order valence-corrected chi connectivity index (χ1v) is 7.60. The predicted molar refractivity (Wildman–Crippen MR) is 89.3 cm³/mol. The maximum Gasteiger partial charge on any atom is 0.328 e. The van der Waals surface area contributed by atoms with Gasteiger partial charge in [0.15, 0.2) is 0 Å². The second kappa shape index (κ2) is 6.77. The number of methoxy groups -OCH3 is 1. The monoisotopic (exact) mass is 314 g/mol. The van der Waals surface area contributed by atoms with Crippen molar-refractivity contribution in [2.45, 2.75) is 33.7 Å². The molecule has 5 nitrogen and oxygen atoms in total. The van der Waals surface area contributed by atoms with Crippen molar-refractivity contribution in [2.75, 3.05) is 7.11 Å². The second-order valence-corrected chi connectivity index (χ2v) is 6.05. The Labute approximate surface area is 136 Å². The van der Waals surface area contributed by atoms with Gasteiger partial charge in [-0.2, -0.15) is 0 Å². The Balaban J connectivity index is 2.44. The molecule has 23 heavy (non-hydrogen) atoms. The number of nitrogens with zero attached hydrogens (tertiary/aromatic N) is 1. The molecular formula is C18H22N2O3. The van der Waals surface area contributed by atoms with Crippen molar-refractivity contribution in [1.29, 1.82) is 0 Å². The smallest absolute Gasteiger partial charge is 0.328 e. The fourth-order valence-electron chi connectivity index (χ4n) is 2.50. The Morgan fingerprint density at radius 3 is 2.48 bits per heavy atom. The molecule has 0 aliphatic carbocycles. The number of hydrogen-bond acceptors (Lipinski definition) is 4. The standard InChI is InChI=1S/C18H22N2O3/c1-10(2)16(18(22)23-5)20-17(21)14-9-12(4)19-15-7-6-11(3)8-13(14)15/h6-10,16H,1-5H3,(H,20,21). The van der Waals surface area contributed by atoms with Crippen LogP contribution in [0.25, 0.3) is 10.9 Å². The molecule has 0 saturated carbocycles. The summed E-state index contributed by atoms with van der Waals surface area (Å²) in [5.41, 5.74) is 3.09. The first-order valence-electron chi connectivity index (χ1n) is 7.60. The average Bonchev–Trinajstić information content (AvgIpc) is 2.50. The highest BCUT2D eigenvalue weighted by atomic mass is 16.5. The topological polar surface area (TPSA) is 68.3 Å². The zero-order valence-electron chi connectivity index (χ0n) is 14.1. The fourth-order valence-corrected chi connectivity index (χ4v) is 2.50. The van der Waals surface area contributed by atoms with Gasteiger partial charge in [0.05, 0.1) is 18.2 Å². The van der Waals surface area contributed by atoms with Gasteiger partial charge in [-0.3, -0.25) is 9.78 Å². The summed E-state index contributed by atoms with van der Waals surface area (Å²) in [6, 6.07) is 6.85. The van der Waals surface area contributed by atoms with Crippen LogP contribution < -0.4 is 5.32 Å². The van der Waals surface area contributed by atoms with E-state index in [2.05, 4.69) is 10.3 Å². The number of rotatable bonds is 4. The van der Waals surface area contributed by atoms with Crippen molar-refractivity contribution in [1.82, 2.24) is 10.3 Å². The minimum absolute atomic E-state index is 0.0673. The highest BCUT2D eigenvalue weighted by Gasteiger charge is 2.26. The summed E-state index contributed by atoms with van der Waals surface area (Å²) >= 11 is 0. The van der Waals surface area contributed by atoms with E-state index in [0.717, 1.165) is 22.2 Å². The molecule has 1 heterocycles. The van der Waals surface area contributed by atoms with Gasteiger partial charge in [-0.1, -0.05) is 25.5 Å². The minimum atomic E-state index is -0.680. The fraction of sp³-hybridized carbons (Fsp3) is 0.389. The largest absolute Gasteiger partial charge is 0.467 e. The quantitative estimate of drug-likeness (QED) is 0.881. The summed E-state index contributed by atoms with van der Waals surface area (Å²) < 4.78 is 4.77. The lowest BCUT2D eigenvalue weighted by Crippen LogP contribution is -2.45. The van der Waals surface area contributed by atoms with Crippen LogP contribution in [0.5, 0.6) is 0 Å². The summed E-state index contributed by atoms with van der Waals surface area (Å²) in [7, 11) is 1.32. The normalized spacial score (nSPS) is 12.3. The van der Waals surface area contributed by atoms with Crippen LogP contribution in [0, 0.1) is 19.8 Å². The van der Waals surface area contributed by atoms with Crippen molar-refractivity contribution in [2.24, 2.45) is 5.92 Å². The molecule has 0 aliphatic rings. The van der Waals surface area contributed by atoms with Gasteiger partial charge in [-0.15, -0.1) is 0 Å². The summed E-state index contributed by atoms with van der Waals surface area (Å²) in [4.78, 5) is 29.0. The zero-order valence-corrected chi connectivity index (χ0v) is 14.1. The van der Waals surface area contributed by atoms with Crippen molar-refractivity contribution in [3.05, 3.63) is 41.1 Å². The Bertz CT molecular complexity index is 753. The van der Waals surface area contributed by atoms with Gasteiger partial charge in [0.25, 0.3) is 5.91 Å². The molecule has 1 unspecified atom stereocenters. The molecular weight excluding hydrogens is 292 g/mol. The SMILES string of the molecule is COC(=O)C(NC(=O)c1cc(C)nc2ccc(C)cc12)C(C)C. The van der Waals surface area contributed by atoms with Gasteiger partial charge in [-0.05, 0) is 38.0 Å². The molecule has 0 radical (unpaired) electrons. The van der Waals surface area contributed by atoms with Gasteiger partial charge in [0, 0.05) is 11.1 Å². The van der Waals surface area contributed by atoms with Gasteiger partial charge >= 0.3 is 5.97 Å². The molecule has 1 atom stereocenters. The molecule has 1 N–H and O–H groups in total. The van der Waals surface area contributed by atoms with E-state index in [-0.39, 0.29) is 11.8 Å². The van der Waals surface area contributed by atoms with Crippen molar-refractivity contribution in [3.63, 3.8) is 0 Å².